The number of methoxy groups -OCH3 is 4. The highest BCUT2D eigenvalue weighted by atomic mass is 16.5. The number of carbonyl (C=O) groups excluding carboxylic acids is 1. The third kappa shape index (κ3) is 5.42. The summed E-state index contributed by atoms with van der Waals surface area (Å²) in [6.07, 6.45) is 0.766. The fraction of sp³-hybridized carbons (Fsp3) is 0.222. The number of hydrogen-bond donors (Lipinski definition) is 1. The van der Waals surface area contributed by atoms with Crippen LogP contribution in [0.15, 0.2) is 36.4 Å². The first-order valence-electron chi connectivity index (χ1n) is 7.13. The number of benzene rings is 2. The number of ether oxygens (including phenoxy) is 4. The maximum atomic E-state index is 10.6. The Hall–Kier alpha value is -3.22. The van der Waals surface area contributed by atoms with Gasteiger partial charge in [0.1, 0.15) is 6.29 Å². The molecule has 0 amide bonds. The molecule has 2 aromatic carbocycles. The Balaban J connectivity index is 0.000000251. The van der Waals surface area contributed by atoms with Crippen molar-refractivity contribution < 1.29 is 33.6 Å². The molecule has 0 aromatic heterocycles. The quantitative estimate of drug-likeness (QED) is 0.803. The zero-order valence-corrected chi connectivity index (χ0v) is 14.4. The number of carboxylic acids is 1. The SMILES string of the molecule is COc1ccc(C(=O)O)cc1OC.COc1ccc(C=O)cc1OC. The molecule has 0 radical (unpaired) electrons. The van der Waals surface area contributed by atoms with Gasteiger partial charge in [-0.2, -0.15) is 0 Å². The summed E-state index contributed by atoms with van der Waals surface area (Å²) in [5, 5.41) is 8.67. The molecule has 0 unspecified atom stereocenters. The second-order valence-corrected chi connectivity index (χ2v) is 4.61. The molecule has 0 saturated heterocycles. The maximum Gasteiger partial charge on any atom is 0.335 e. The summed E-state index contributed by atoms with van der Waals surface area (Å²) in [6.45, 7) is 0. The highest BCUT2D eigenvalue weighted by Gasteiger charge is 2.08. The van der Waals surface area contributed by atoms with E-state index in [2.05, 4.69) is 0 Å². The van der Waals surface area contributed by atoms with E-state index >= 15 is 0 Å². The smallest absolute Gasteiger partial charge is 0.335 e. The van der Waals surface area contributed by atoms with Gasteiger partial charge in [-0.3, -0.25) is 4.79 Å². The van der Waals surface area contributed by atoms with E-state index in [1.807, 2.05) is 0 Å². The molecule has 0 bridgehead atoms. The van der Waals surface area contributed by atoms with E-state index in [-0.39, 0.29) is 5.56 Å². The van der Waals surface area contributed by atoms with Crippen LogP contribution in [-0.2, 0) is 0 Å². The Morgan fingerprint density at radius 1 is 0.800 bits per heavy atom. The molecule has 0 aliphatic heterocycles. The molecule has 0 spiro atoms. The first-order valence-corrected chi connectivity index (χ1v) is 7.13. The first-order chi connectivity index (χ1) is 12.0. The monoisotopic (exact) mass is 348 g/mol. The van der Waals surface area contributed by atoms with Crippen LogP contribution in [0.1, 0.15) is 20.7 Å². The summed E-state index contributed by atoms with van der Waals surface area (Å²) in [6, 6.07) is 9.44. The molecule has 7 nitrogen and oxygen atoms in total. The summed E-state index contributed by atoms with van der Waals surface area (Å²) in [5.74, 6) is 1.15. The Labute approximate surface area is 145 Å². The van der Waals surface area contributed by atoms with E-state index in [1.165, 1.54) is 33.5 Å². The summed E-state index contributed by atoms with van der Waals surface area (Å²) in [4.78, 5) is 21.0. The van der Waals surface area contributed by atoms with Crippen LogP contribution in [0, 0.1) is 0 Å². The first kappa shape index (κ1) is 19.8. The molecule has 0 aliphatic rings. The van der Waals surface area contributed by atoms with Crippen molar-refractivity contribution in [3.63, 3.8) is 0 Å². The molecule has 0 saturated carbocycles. The normalized spacial score (nSPS) is 9.28. The average molecular weight is 348 g/mol. The summed E-state index contributed by atoms with van der Waals surface area (Å²) in [7, 11) is 6.05. The molecule has 134 valence electrons. The lowest BCUT2D eigenvalue weighted by molar-refractivity contribution is 0.0696. The van der Waals surface area contributed by atoms with Crippen molar-refractivity contribution in [1.29, 1.82) is 0 Å². The molecule has 25 heavy (non-hydrogen) atoms. The number of carboxylic acid groups (broad SMARTS) is 1. The predicted molar refractivity (Wildman–Crippen MR) is 91.4 cm³/mol. The Kier molecular flexibility index (Phi) is 7.78. The highest BCUT2D eigenvalue weighted by molar-refractivity contribution is 5.88. The zero-order chi connectivity index (χ0) is 18.8. The Morgan fingerprint density at radius 2 is 1.28 bits per heavy atom. The molecular formula is C18H20O7. The summed E-state index contributed by atoms with van der Waals surface area (Å²) in [5.41, 5.74) is 0.755. The van der Waals surface area contributed by atoms with Gasteiger partial charge in [0, 0.05) is 5.56 Å². The lowest BCUT2D eigenvalue weighted by Crippen LogP contribution is -1.98. The average Bonchev–Trinajstić information content (AvgIpc) is 2.67. The fourth-order valence-corrected chi connectivity index (χ4v) is 1.90. The van der Waals surface area contributed by atoms with Crippen LogP contribution < -0.4 is 18.9 Å². The van der Waals surface area contributed by atoms with Crippen molar-refractivity contribution in [1.82, 2.24) is 0 Å². The van der Waals surface area contributed by atoms with E-state index < -0.39 is 5.97 Å². The number of aldehydes is 1. The molecule has 0 aliphatic carbocycles. The van der Waals surface area contributed by atoms with Gasteiger partial charge in [-0.25, -0.2) is 4.79 Å². The van der Waals surface area contributed by atoms with Crippen LogP contribution in [0.3, 0.4) is 0 Å². The minimum atomic E-state index is -0.985. The predicted octanol–water partition coefficient (Wildman–Crippen LogP) is 2.92. The molecule has 2 aromatic rings. The van der Waals surface area contributed by atoms with Gasteiger partial charge in [0.2, 0.25) is 0 Å². The van der Waals surface area contributed by atoms with Crippen molar-refractivity contribution in [2.24, 2.45) is 0 Å². The van der Waals surface area contributed by atoms with E-state index in [9.17, 15) is 9.59 Å². The van der Waals surface area contributed by atoms with Crippen molar-refractivity contribution in [2.45, 2.75) is 0 Å². The summed E-state index contributed by atoms with van der Waals surface area (Å²) >= 11 is 0. The van der Waals surface area contributed by atoms with E-state index in [4.69, 9.17) is 24.1 Å². The maximum absolute atomic E-state index is 10.6. The number of carbonyl (C=O) groups is 2. The van der Waals surface area contributed by atoms with Crippen LogP contribution in [0.5, 0.6) is 23.0 Å². The number of hydrogen-bond acceptors (Lipinski definition) is 6. The molecule has 0 heterocycles. The molecule has 2 rings (SSSR count). The standard InChI is InChI=1S/C9H10O4.C9H10O3/c1-12-7-4-3-6(9(10)11)5-8(7)13-2;1-11-8-4-3-7(6-10)5-9(8)12-2/h3-5H,1-2H3,(H,10,11);3-6H,1-2H3. The van der Waals surface area contributed by atoms with Gasteiger partial charge in [-0.05, 0) is 36.4 Å². The number of aromatic carboxylic acids is 1. The van der Waals surface area contributed by atoms with Gasteiger partial charge in [-0.1, -0.05) is 0 Å². The van der Waals surface area contributed by atoms with Crippen molar-refractivity contribution >= 4 is 12.3 Å². The van der Waals surface area contributed by atoms with Crippen LogP contribution >= 0.6 is 0 Å². The van der Waals surface area contributed by atoms with E-state index in [0.29, 0.717) is 28.6 Å². The Bertz CT molecular complexity index is 725. The lowest BCUT2D eigenvalue weighted by atomic mass is 10.2. The van der Waals surface area contributed by atoms with Crippen LogP contribution in [-0.4, -0.2) is 45.8 Å². The van der Waals surface area contributed by atoms with Crippen LogP contribution in [0.25, 0.3) is 0 Å². The summed E-state index contributed by atoms with van der Waals surface area (Å²) < 4.78 is 19.9. The van der Waals surface area contributed by atoms with Gasteiger partial charge in [0.15, 0.2) is 23.0 Å². The van der Waals surface area contributed by atoms with Gasteiger partial charge < -0.3 is 24.1 Å². The van der Waals surface area contributed by atoms with Crippen LogP contribution in [0.4, 0.5) is 0 Å². The van der Waals surface area contributed by atoms with E-state index in [1.54, 1.807) is 31.4 Å². The minimum absolute atomic E-state index is 0.178. The topological polar surface area (TPSA) is 91.3 Å². The lowest BCUT2D eigenvalue weighted by Gasteiger charge is -2.07. The molecule has 0 fully saturated rings. The molecule has 0 atom stereocenters. The molecule has 1 N–H and O–H groups in total. The number of rotatable bonds is 6. The third-order valence-electron chi connectivity index (χ3n) is 3.17. The highest BCUT2D eigenvalue weighted by Crippen LogP contribution is 2.27. The van der Waals surface area contributed by atoms with Crippen molar-refractivity contribution in [3.05, 3.63) is 47.5 Å². The van der Waals surface area contributed by atoms with Crippen molar-refractivity contribution in [2.75, 3.05) is 28.4 Å². The fourth-order valence-electron chi connectivity index (χ4n) is 1.90. The third-order valence-corrected chi connectivity index (χ3v) is 3.17. The molecular weight excluding hydrogens is 328 g/mol. The van der Waals surface area contributed by atoms with Gasteiger partial charge in [0.25, 0.3) is 0 Å². The van der Waals surface area contributed by atoms with Crippen LogP contribution in [0.2, 0.25) is 0 Å². The largest absolute Gasteiger partial charge is 0.493 e. The second-order valence-electron chi connectivity index (χ2n) is 4.61. The van der Waals surface area contributed by atoms with Gasteiger partial charge in [-0.15, -0.1) is 0 Å². The Morgan fingerprint density at radius 3 is 1.72 bits per heavy atom. The van der Waals surface area contributed by atoms with Crippen molar-refractivity contribution in [3.8, 4) is 23.0 Å². The van der Waals surface area contributed by atoms with Gasteiger partial charge in [0.05, 0.1) is 34.0 Å². The molecule has 7 heteroatoms. The zero-order valence-electron chi connectivity index (χ0n) is 14.4. The van der Waals surface area contributed by atoms with E-state index in [0.717, 1.165) is 6.29 Å². The second kappa shape index (κ2) is 9.82. The van der Waals surface area contributed by atoms with Gasteiger partial charge >= 0.3 is 5.97 Å². The minimum Gasteiger partial charge on any atom is -0.493 e.